The number of ether oxygens (including phenoxy) is 1. The molecule has 5 heterocycles. The fourth-order valence-electron chi connectivity index (χ4n) is 5.95. The van der Waals surface area contributed by atoms with E-state index in [4.69, 9.17) is 15.1 Å². The first-order valence-electron chi connectivity index (χ1n) is 15.2. The average Bonchev–Trinajstić information content (AvgIpc) is 3.34. The van der Waals surface area contributed by atoms with E-state index in [1.165, 1.54) is 24.6 Å². The Kier molecular flexibility index (Phi) is 9.89. The monoisotopic (exact) mass is 594 g/mol. The van der Waals surface area contributed by atoms with E-state index in [9.17, 15) is 4.79 Å². The molecule has 0 aromatic carbocycles. The predicted octanol–water partition coefficient (Wildman–Crippen LogP) is 5.34. The van der Waals surface area contributed by atoms with E-state index >= 15 is 0 Å². The van der Waals surface area contributed by atoms with Crippen molar-refractivity contribution in [3.8, 4) is 17.0 Å². The maximum Gasteiger partial charge on any atom is 0.257 e. The van der Waals surface area contributed by atoms with Crippen molar-refractivity contribution >= 4 is 29.0 Å². The second kappa shape index (κ2) is 14.2. The van der Waals surface area contributed by atoms with E-state index in [0.29, 0.717) is 22.9 Å². The molecular formula is C34H42N8O2. The van der Waals surface area contributed by atoms with Crippen molar-refractivity contribution in [3.63, 3.8) is 0 Å². The van der Waals surface area contributed by atoms with Crippen molar-refractivity contribution in [1.82, 2.24) is 29.8 Å². The topological polar surface area (TPSA) is 112 Å². The first-order chi connectivity index (χ1) is 21.4. The summed E-state index contributed by atoms with van der Waals surface area (Å²) in [6, 6.07) is 10.2. The normalized spacial score (nSPS) is 15.6. The molecule has 1 saturated heterocycles. The van der Waals surface area contributed by atoms with Crippen molar-refractivity contribution in [2.45, 2.75) is 38.5 Å². The first-order valence-corrected chi connectivity index (χ1v) is 15.2. The number of aromatic nitrogens is 4. The van der Waals surface area contributed by atoms with Crippen LogP contribution in [-0.2, 0) is 6.42 Å². The van der Waals surface area contributed by atoms with Crippen LogP contribution in [0.15, 0.2) is 61.3 Å². The molecule has 0 bridgehead atoms. The van der Waals surface area contributed by atoms with E-state index in [1.54, 1.807) is 50.1 Å². The second-order valence-electron chi connectivity index (χ2n) is 11.5. The minimum atomic E-state index is -0.114. The molecule has 1 atom stereocenters. The van der Waals surface area contributed by atoms with Crippen molar-refractivity contribution in [2.75, 3.05) is 46.2 Å². The third kappa shape index (κ3) is 6.90. The Balaban J connectivity index is 1.32. The maximum absolute atomic E-state index is 13.0. The molecule has 230 valence electrons. The number of rotatable bonds is 11. The van der Waals surface area contributed by atoms with E-state index in [2.05, 4.69) is 38.5 Å². The van der Waals surface area contributed by atoms with Crippen LogP contribution in [0.1, 0.15) is 53.6 Å². The highest BCUT2D eigenvalue weighted by Crippen LogP contribution is 2.32. The minimum Gasteiger partial charge on any atom is -0.481 e. The van der Waals surface area contributed by atoms with E-state index in [1.807, 2.05) is 30.7 Å². The molecule has 0 radical (unpaired) electrons. The quantitative estimate of drug-likeness (QED) is 0.226. The van der Waals surface area contributed by atoms with Gasteiger partial charge in [-0.1, -0.05) is 12.5 Å². The zero-order chi connectivity index (χ0) is 31.1. The second-order valence-corrected chi connectivity index (χ2v) is 11.5. The van der Waals surface area contributed by atoms with Gasteiger partial charge in [-0.15, -0.1) is 0 Å². The van der Waals surface area contributed by atoms with Gasteiger partial charge in [0.1, 0.15) is 5.82 Å². The van der Waals surface area contributed by atoms with Gasteiger partial charge in [0, 0.05) is 93.6 Å². The molecule has 44 heavy (non-hydrogen) atoms. The molecule has 10 nitrogen and oxygen atoms in total. The number of nitrogens with zero attached hydrogens (tertiary/aromatic N) is 6. The summed E-state index contributed by atoms with van der Waals surface area (Å²) in [5, 5.41) is 15.4. The van der Waals surface area contributed by atoms with Gasteiger partial charge in [-0.25, -0.2) is 14.5 Å². The number of methoxy groups -OCH3 is 1. The third-order valence-electron chi connectivity index (χ3n) is 8.35. The lowest BCUT2D eigenvalue weighted by atomic mass is 9.93. The summed E-state index contributed by atoms with van der Waals surface area (Å²) in [5.41, 5.74) is 5.76. The molecule has 0 spiro atoms. The zero-order valence-electron chi connectivity index (χ0n) is 26.1. The molecule has 4 aromatic rings. The number of fused-ring (bicyclic) bond motifs is 1. The van der Waals surface area contributed by atoms with Crippen LogP contribution in [0.5, 0.6) is 5.88 Å². The maximum atomic E-state index is 13.0. The number of aryl methyl sites for hydroxylation is 1. The SMILES string of the molecule is CN/C=C(\C=N)c1cc(-c2ccc(N3CCCC(CCCc4ccc(OC)nc4)CC3)nc2)c2c(C(=O)N(C)C)cnn2c1. The summed E-state index contributed by atoms with van der Waals surface area (Å²) in [5.74, 6) is 2.23. The van der Waals surface area contributed by atoms with Gasteiger partial charge in [-0.2, -0.15) is 5.10 Å². The Hall–Kier alpha value is -4.73. The van der Waals surface area contributed by atoms with E-state index in [-0.39, 0.29) is 5.91 Å². The van der Waals surface area contributed by atoms with Gasteiger partial charge < -0.3 is 25.3 Å². The van der Waals surface area contributed by atoms with Gasteiger partial charge >= 0.3 is 0 Å². The van der Waals surface area contributed by atoms with Crippen molar-refractivity contribution < 1.29 is 9.53 Å². The highest BCUT2D eigenvalue weighted by Gasteiger charge is 2.21. The van der Waals surface area contributed by atoms with E-state index in [0.717, 1.165) is 66.8 Å². The highest BCUT2D eigenvalue weighted by molar-refractivity contribution is 6.10. The van der Waals surface area contributed by atoms with Crippen LogP contribution in [0.4, 0.5) is 5.82 Å². The summed E-state index contributed by atoms with van der Waals surface area (Å²) in [4.78, 5) is 26.2. The summed E-state index contributed by atoms with van der Waals surface area (Å²) in [6.07, 6.45) is 17.3. The van der Waals surface area contributed by atoms with Crippen LogP contribution >= 0.6 is 0 Å². The van der Waals surface area contributed by atoms with Crippen LogP contribution in [0.2, 0.25) is 0 Å². The number of carbonyl (C=O) groups excluding carboxylic acids is 1. The minimum absolute atomic E-state index is 0.114. The number of amides is 1. The Bertz CT molecular complexity index is 1610. The smallest absolute Gasteiger partial charge is 0.257 e. The van der Waals surface area contributed by atoms with Crippen LogP contribution in [0.25, 0.3) is 22.2 Å². The number of hydrogen-bond acceptors (Lipinski definition) is 8. The highest BCUT2D eigenvalue weighted by atomic mass is 16.5. The molecule has 5 rings (SSSR count). The lowest BCUT2D eigenvalue weighted by Gasteiger charge is -2.22. The lowest BCUT2D eigenvalue weighted by Crippen LogP contribution is -2.25. The molecule has 0 saturated carbocycles. The van der Waals surface area contributed by atoms with Crippen molar-refractivity contribution in [3.05, 3.63) is 78.0 Å². The van der Waals surface area contributed by atoms with Crippen molar-refractivity contribution in [1.29, 1.82) is 5.41 Å². The Labute approximate surface area is 259 Å². The van der Waals surface area contributed by atoms with Gasteiger partial charge in [0.2, 0.25) is 5.88 Å². The molecule has 4 aromatic heterocycles. The lowest BCUT2D eigenvalue weighted by molar-refractivity contribution is 0.0829. The predicted molar refractivity (Wildman–Crippen MR) is 176 cm³/mol. The molecule has 1 aliphatic heterocycles. The molecule has 1 fully saturated rings. The Morgan fingerprint density at radius 3 is 2.68 bits per heavy atom. The number of anilines is 1. The molecule has 0 aliphatic carbocycles. The van der Waals surface area contributed by atoms with Crippen LogP contribution < -0.4 is 15.0 Å². The standard InChI is InChI=1S/C34H42N8O2/c1-36-20-28(18-35)27-17-29(33-30(34(43)40(2)3)22-39-42(33)23-27)26-11-12-31(37-21-26)41-15-6-9-24(14-16-41)7-5-8-25-10-13-32(44-4)38-19-25/h10-13,17-24,35-36H,5-9,14-16H2,1-4H3/b28-20+,35-18?. The summed E-state index contributed by atoms with van der Waals surface area (Å²) in [6.45, 7) is 1.98. The number of carbonyl (C=O) groups is 1. The van der Waals surface area contributed by atoms with Gasteiger partial charge in [0.25, 0.3) is 5.91 Å². The fourth-order valence-corrected chi connectivity index (χ4v) is 5.95. The van der Waals surface area contributed by atoms with Gasteiger partial charge in [-0.05, 0) is 61.8 Å². The van der Waals surface area contributed by atoms with Gasteiger partial charge in [0.15, 0.2) is 0 Å². The van der Waals surface area contributed by atoms with Gasteiger partial charge in [0.05, 0.1) is 24.4 Å². The van der Waals surface area contributed by atoms with Gasteiger partial charge in [-0.3, -0.25) is 4.79 Å². The molecule has 10 heteroatoms. The number of nitrogens with one attached hydrogen (secondary N) is 2. The average molecular weight is 595 g/mol. The largest absolute Gasteiger partial charge is 0.481 e. The van der Waals surface area contributed by atoms with Crippen LogP contribution in [0, 0.1) is 11.3 Å². The molecule has 1 amide bonds. The summed E-state index contributed by atoms with van der Waals surface area (Å²) < 4.78 is 6.89. The zero-order valence-corrected chi connectivity index (χ0v) is 26.1. The third-order valence-corrected chi connectivity index (χ3v) is 8.35. The molecule has 1 aliphatic rings. The van der Waals surface area contributed by atoms with Crippen LogP contribution in [-0.4, -0.2) is 77.9 Å². The number of allylic oxidation sites excluding steroid dienone is 1. The number of hydrogen-bond donors (Lipinski definition) is 2. The molecule has 1 unspecified atom stereocenters. The summed E-state index contributed by atoms with van der Waals surface area (Å²) >= 11 is 0. The molecule has 2 N–H and O–H groups in total. The van der Waals surface area contributed by atoms with Crippen molar-refractivity contribution in [2.24, 2.45) is 5.92 Å². The molecular weight excluding hydrogens is 552 g/mol. The Morgan fingerprint density at radius 2 is 2.00 bits per heavy atom. The summed E-state index contributed by atoms with van der Waals surface area (Å²) in [7, 11) is 6.92. The first kappa shape index (κ1) is 30.7. The van der Waals surface area contributed by atoms with Crippen LogP contribution in [0.3, 0.4) is 0 Å². The number of pyridine rings is 3. The fraction of sp³-hybridized carbons (Fsp3) is 0.382. The Morgan fingerprint density at radius 1 is 1.14 bits per heavy atom. The van der Waals surface area contributed by atoms with E-state index < -0.39 is 0 Å².